The number of aromatic hydroxyl groups is 2. The molecule has 0 aromatic heterocycles. The lowest BCUT2D eigenvalue weighted by molar-refractivity contribution is 0.0954. The van der Waals surface area contributed by atoms with Crippen molar-refractivity contribution >= 4 is 0 Å². The van der Waals surface area contributed by atoms with E-state index in [-0.39, 0.29) is 11.3 Å². The van der Waals surface area contributed by atoms with Crippen molar-refractivity contribution in [3.63, 3.8) is 0 Å². The van der Waals surface area contributed by atoms with E-state index in [1.165, 1.54) is 6.07 Å². The molecule has 0 radical (unpaired) electrons. The molecule has 12 heavy (non-hydrogen) atoms. The Morgan fingerprint density at radius 1 is 1.33 bits per heavy atom. The fraction of sp³-hybridized carbons (Fsp3) is 0.250. The van der Waals surface area contributed by atoms with Crippen LogP contribution in [0.3, 0.4) is 0 Å². The fourth-order valence-corrected chi connectivity index (χ4v) is 0.785. The van der Waals surface area contributed by atoms with Gasteiger partial charge in [0.15, 0.2) is 11.5 Å². The average Bonchev–Trinajstić information content (AvgIpc) is 2.07. The van der Waals surface area contributed by atoms with Gasteiger partial charge in [-0.25, -0.2) is 0 Å². The van der Waals surface area contributed by atoms with Crippen LogP contribution in [-0.4, -0.2) is 27.0 Å². The lowest BCUT2D eigenvalue weighted by Crippen LogP contribution is -2.01. The summed E-state index contributed by atoms with van der Waals surface area (Å²) in [6.45, 7) is -2.79. The molecule has 1 aromatic carbocycles. The van der Waals surface area contributed by atoms with E-state index in [1.807, 2.05) is 0 Å². The zero-order valence-electron chi connectivity index (χ0n) is 8.10. The van der Waals surface area contributed by atoms with Crippen molar-refractivity contribution in [2.45, 2.75) is 6.10 Å². The van der Waals surface area contributed by atoms with E-state index in [0.717, 1.165) is 12.1 Å². The molecule has 0 fully saturated rings. The first-order chi connectivity index (χ1) is 6.32. The second-order valence-electron chi connectivity index (χ2n) is 2.28. The van der Waals surface area contributed by atoms with Gasteiger partial charge < -0.3 is 20.4 Å². The van der Waals surface area contributed by atoms with Crippen LogP contribution < -0.4 is 0 Å². The minimum atomic E-state index is -2.79. The van der Waals surface area contributed by atoms with Gasteiger partial charge in [0.05, 0.1) is 9.30 Å². The minimum Gasteiger partial charge on any atom is -0.504 e. The van der Waals surface area contributed by atoms with Crippen molar-refractivity contribution in [2.75, 3.05) is 6.56 Å². The summed E-state index contributed by atoms with van der Waals surface area (Å²) in [4.78, 5) is 0. The normalized spacial score (nSPS) is 16.5. The summed E-state index contributed by atoms with van der Waals surface area (Å²) < 4.78 is 13.7. The smallest absolute Gasteiger partial charge is 0.157 e. The maximum atomic E-state index is 9.25. The standard InChI is InChI=1S/C8H10O4/c9-4-8(12)5-1-2-6(10)7(11)3-5/h1-3,8-12H,4H2/i4+1D2. The number of hydrogen-bond acceptors (Lipinski definition) is 4. The predicted molar refractivity (Wildman–Crippen MR) is 41.8 cm³/mol. The Morgan fingerprint density at radius 2 is 2.00 bits per heavy atom. The van der Waals surface area contributed by atoms with Crippen LogP contribution in [0.25, 0.3) is 0 Å². The number of phenolic OH excluding ortho intramolecular Hbond substituents is 2. The Bertz CT molecular complexity index is 335. The number of rotatable bonds is 2. The third-order valence-electron chi connectivity index (χ3n) is 1.44. The monoisotopic (exact) mass is 173 g/mol. The van der Waals surface area contributed by atoms with Gasteiger partial charge in [0.1, 0.15) is 6.10 Å². The number of hydrogen-bond donors (Lipinski definition) is 4. The highest BCUT2D eigenvalue weighted by molar-refractivity contribution is 5.41. The Morgan fingerprint density at radius 3 is 2.50 bits per heavy atom. The molecule has 1 unspecified atom stereocenters. The second kappa shape index (κ2) is 3.42. The number of benzene rings is 1. The first kappa shape index (κ1) is 6.28. The minimum absolute atomic E-state index is 0.0206. The van der Waals surface area contributed by atoms with Gasteiger partial charge in [0.2, 0.25) is 0 Å². The maximum Gasteiger partial charge on any atom is 0.157 e. The van der Waals surface area contributed by atoms with Crippen LogP contribution in [0, 0.1) is 0 Å². The van der Waals surface area contributed by atoms with Crippen molar-refractivity contribution in [1.29, 1.82) is 0 Å². The summed E-state index contributed by atoms with van der Waals surface area (Å²) in [5.41, 5.74) is -0.0206. The third-order valence-corrected chi connectivity index (χ3v) is 1.44. The quantitative estimate of drug-likeness (QED) is 0.378. The average molecular weight is 173 g/mol. The molecule has 0 bridgehead atoms. The topological polar surface area (TPSA) is 80.9 Å². The number of aliphatic hydroxyl groups is 2. The van der Waals surface area contributed by atoms with Crippen molar-refractivity contribution < 1.29 is 23.2 Å². The third kappa shape index (κ3) is 1.66. The first-order valence-corrected chi connectivity index (χ1v) is 3.24. The SMILES string of the molecule is [2H][13C]([2H])(O)C(O)c1ccc(O)c(O)c1. The fourth-order valence-electron chi connectivity index (χ4n) is 0.785. The van der Waals surface area contributed by atoms with Crippen molar-refractivity contribution in [3.8, 4) is 11.5 Å². The van der Waals surface area contributed by atoms with Crippen LogP contribution in [0.15, 0.2) is 18.2 Å². The van der Waals surface area contributed by atoms with Gasteiger partial charge in [-0.3, -0.25) is 0 Å². The van der Waals surface area contributed by atoms with Crippen LogP contribution in [0.1, 0.15) is 14.4 Å². The van der Waals surface area contributed by atoms with E-state index in [4.69, 9.17) is 18.1 Å². The molecule has 1 aromatic rings. The number of phenols is 2. The van der Waals surface area contributed by atoms with E-state index < -0.39 is 18.4 Å². The van der Waals surface area contributed by atoms with Crippen LogP contribution in [0.4, 0.5) is 0 Å². The van der Waals surface area contributed by atoms with E-state index in [0.29, 0.717) is 0 Å². The molecule has 0 spiro atoms. The first-order valence-electron chi connectivity index (χ1n) is 4.24. The molecule has 0 saturated heterocycles. The molecule has 0 aliphatic heterocycles. The molecular weight excluding hydrogens is 161 g/mol. The highest BCUT2D eigenvalue weighted by Crippen LogP contribution is 2.27. The Hall–Kier alpha value is -1.26. The molecule has 0 aliphatic carbocycles. The molecule has 66 valence electrons. The van der Waals surface area contributed by atoms with Gasteiger partial charge in [-0.1, -0.05) is 6.07 Å². The molecule has 1 rings (SSSR count). The van der Waals surface area contributed by atoms with Gasteiger partial charge in [0.25, 0.3) is 0 Å². The van der Waals surface area contributed by atoms with Gasteiger partial charge in [-0.2, -0.15) is 0 Å². The maximum absolute atomic E-state index is 9.25. The van der Waals surface area contributed by atoms with Crippen molar-refractivity contribution in [2.24, 2.45) is 0 Å². The van der Waals surface area contributed by atoms with Gasteiger partial charge in [0, 0.05) is 0 Å². The number of aliphatic hydroxyl groups excluding tert-OH is 1. The summed E-state index contributed by atoms with van der Waals surface area (Å²) in [5.74, 6) is -0.856. The second-order valence-corrected chi connectivity index (χ2v) is 2.28. The zero-order chi connectivity index (χ0) is 10.9. The van der Waals surface area contributed by atoms with E-state index in [9.17, 15) is 5.11 Å². The van der Waals surface area contributed by atoms with E-state index in [1.54, 1.807) is 0 Å². The lowest BCUT2D eigenvalue weighted by atomic mass is 10.1. The molecule has 0 amide bonds. The summed E-state index contributed by atoms with van der Waals surface area (Å²) in [5, 5.41) is 36.1. The Labute approximate surface area is 72.1 Å². The van der Waals surface area contributed by atoms with Crippen molar-refractivity contribution in [1.82, 2.24) is 0 Å². The summed E-state index contributed by atoms with van der Waals surface area (Å²) in [6, 6.07) is 3.28. The Balaban J connectivity index is 3.03. The summed E-state index contributed by atoms with van der Waals surface area (Å²) in [6.07, 6.45) is -1.77. The molecule has 4 N–H and O–H groups in total. The van der Waals surface area contributed by atoms with Crippen LogP contribution in [-0.2, 0) is 0 Å². The highest BCUT2D eigenvalue weighted by Gasteiger charge is 2.07. The molecular formula is C8H10O4. The molecule has 0 aliphatic rings. The van der Waals surface area contributed by atoms with Crippen LogP contribution in [0.2, 0.25) is 0 Å². The predicted octanol–water partition coefficient (Wildman–Crippen LogP) is 0.123. The zero-order valence-corrected chi connectivity index (χ0v) is 6.10. The molecule has 4 nitrogen and oxygen atoms in total. The molecule has 0 heterocycles. The van der Waals surface area contributed by atoms with Crippen molar-refractivity contribution in [3.05, 3.63) is 23.8 Å². The molecule has 0 saturated carbocycles. The van der Waals surface area contributed by atoms with E-state index >= 15 is 0 Å². The van der Waals surface area contributed by atoms with Gasteiger partial charge in [-0.15, -0.1) is 0 Å². The van der Waals surface area contributed by atoms with Crippen LogP contribution in [0.5, 0.6) is 11.5 Å². The highest BCUT2D eigenvalue weighted by atomic mass is 16.4. The largest absolute Gasteiger partial charge is 0.504 e. The Kier molecular flexibility index (Phi) is 1.79. The molecule has 1 atom stereocenters. The lowest BCUT2D eigenvalue weighted by Gasteiger charge is -2.07. The summed E-state index contributed by atoms with van der Waals surface area (Å²) in [7, 11) is 0. The molecule has 4 heteroatoms. The van der Waals surface area contributed by atoms with E-state index in [2.05, 4.69) is 0 Å². The van der Waals surface area contributed by atoms with Crippen LogP contribution >= 0.6 is 0 Å². The van der Waals surface area contributed by atoms with Gasteiger partial charge in [-0.05, 0) is 17.7 Å². The summed E-state index contributed by atoms with van der Waals surface area (Å²) >= 11 is 0. The van der Waals surface area contributed by atoms with Gasteiger partial charge >= 0.3 is 0 Å².